The highest BCUT2D eigenvalue weighted by Crippen LogP contribution is 2.27. The summed E-state index contributed by atoms with van der Waals surface area (Å²) >= 11 is 1.24. The zero-order chi connectivity index (χ0) is 10.8. The quantitative estimate of drug-likeness (QED) is 0.842. The molecule has 0 radical (unpaired) electrons. The third kappa shape index (κ3) is 2.02. The minimum atomic E-state index is -0.898. The van der Waals surface area contributed by atoms with E-state index in [1.54, 1.807) is 18.3 Å². The van der Waals surface area contributed by atoms with Crippen LogP contribution in [0.2, 0.25) is 0 Å². The largest absolute Gasteiger partial charge is 0.477 e. The molecule has 2 heterocycles. The second-order valence-electron chi connectivity index (χ2n) is 3.05. The predicted molar refractivity (Wildman–Crippen MR) is 57.0 cm³/mol. The first-order valence-corrected chi connectivity index (χ1v) is 5.11. The summed E-state index contributed by atoms with van der Waals surface area (Å²) in [5.41, 5.74) is 1.72. The molecule has 0 bridgehead atoms. The maximum absolute atomic E-state index is 10.7. The van der Waals surface area contributed by atoms with Crippen molar-refractivity contribution >= 4 is 17.3 Å². The monoisotopic (exact) mass is 220 g/mol. The second kappa shape index (κ2) is 3.78. The summed E-state index contributed by atoms with van der Waals surface area (Å²) in [6, 6.07) is 5.26. The van der Waals surface area contributed by atoms with Gasteiger partial charge in [0, 0.05) is 10.4 Å². The number of aryl methyl sites for hydroxylation is 1. The maximum atomic E-state index is 10.7. The van der Waals surface area contributed by atoms with Crippen molar-refractivity contribution in [2.75, 3.05) is 0 Å². The number of hydrogen-bond donors (Lipinski definition) is 1. The first-order chi connectivity index (χ1) is 7.16. The van der Waals surface area contributed by atoms with Gasteiger partial charge in [0.25, 0.3) is 0 Å². The number of hydrogen-bond acceptors (Lipinski definition) is 4. The van der Waals surface area contributed by atoms with Crippen LogP contribution in [-0.4, -0.2) is 21.3 Å². The number of aromatic nitrogens is 2. The van der Waals surface area contributed by atoms with Gasteiger partial charge in [-0.1, -0.05) is 0 Å². The van der Waals surface area contributed by atoms with Crippen LogP contribution in [0.1, 0.15) is 15.4 Å². The first kappa shape index (κ1) is 9.79. The van der Waals surface area contributed by atoms with Crippen LogP contribution in [-0.2, 0) is 0 Å². The van der Waals surface area contributed by atoms with Crippen LogP contribution in [0.25, 0.3) is 10.4 Å². The van der Waals surface area contributed by atoms with E-state index in [1.807, 2.05) is 13.0 Å². The summed E-state index contributed by atoms with van der Waals surface area (Å²) in [4.78, 5) is 11.9. The fourth-order valence-corrected chi connectivity index (χ4v) is 2.04. The van der Waals surface area contributed by atoms with Crippen molar-refractivity contribution < 1.29 is 9.90 Å². The Morgan fingerprint density at radius 1 is 1.47 bits per heavy atom. The highest BCUT2D eigenvalue weighted by molar-refractivity contribution is 7.17. The minimum Gasteiger partial charge on any atom is -0.477 e. The second-order valence-corrected chi connectivity index (χ2v) is 4.14. The Bertz CT molecular complexity index is 508. The fourth-order valence-electron chi connectivity index (χ4n) is 1.22. The highest BCUT2D eigenvalue weighted by Gasteiger charge is 2.08. The maximum Gasteiger partial charge on any atom is 0.345 e. The van der Waals surface area contributed by atoms with Crippen molar-refractivity contribution in [2.24, 2.45) is 0 Å². The molecule has 2 rings (SSSR count). The molecule has 0 amide bonds. The minimum absolute atomic E-state index is 0.333. The number of carbonyl (C=O) groups is 1. The van der Waals surface area contributed by atoms with E-state index >= 15 is 0 Å². The molecule has 0 aliphatic heterocycles. The van der Waals surface area contributed by atoms with Gasteiger partial charge in [-0.3, -0.25) is 0 Å². The van der Waals surface area contributed by atoms with Gasteiger partial charge in [-0.25, -0.2) is 4.79 Å². The lowest BCUT2D eigenvalue weighted by atomic mass is 10.2. The number of aromatic carboxylic acids is 1. The van der Waals surface area contributed by atoms with E-state index in [-0.39, 0.29) is 0 Å². The Hall–Kier alpha value is -1.75. The molecule has 0 aromatic carbocycles. The van der Waals surface area contributed by atoms with Crippen LogP contribution in [0, 0.1) is 6.92 Å². The lowest BCUT2D eigenvalue weighted by molar-refractivity contribution is 0.0702. The molecule has 15 heavy (non-hydrogen) atoms. The molecule has 0 atom stereocenters. The lowest BCUT2D eigenvalue weighted by Crippen LogP contribution is -1.89. The van der Waals surface area contributed by atoms with E-state index in [2.05, 4.69) is 10.2 Å². The van der Waals surface area contributed by atoms with E-state index in [1.165, 1.54) is 11.3 Å². The van der Waals surface area contributed by atoms with Crippen molar-refractivity contribution in [2.45, 2.75) is 6.92 Å². The zero-order valence-electron chi connectivity index (χ0n) is 7.97. The summed E-state index contributed by atoms with van der Waals surface area (Å²) in [6.45, 7) is 1.85. The molecule has 0 unspecified atom stereocenters. The summed E-state index contributed by atoms with van der Waals surface area (Å²) in [6.07, 6.45) is 1.63. The summed E-state index contributed by atoms with van der Waals surface area (Å²) in [5.74, 6) is -0.898. The predicted octanol–water partition coefficient (Wildman–Crippen LogP) is 2.21. The molecule has 2 aromatic rings. The summed E-state index contributed by atoms with van der Waals surface area (Å²) < 4.78 is 0. The lowest BCUT2D eigenvalue weighted by Gasteiger charge is -1.96. The zero-order valence-corrected chi connectivity index (χ0v) is 8.78. The van der Waals surface area contributed by atoms with Crippen molar-refractivity contribution in [3.05, 3.63) is 35.0 Å². The molecule has 4 nitrogen and oxygen atoms in total. The third-order valence-electron chi connectivity index (χ3n) is 1.88. The smallest absolute Gasteiger partial charge is 0.345 e. The topological polar surface area (TPSA) is 63.1 Å². The molecule has 0 saturated carbocycles. The molecule has 0 fully saturated rings. The molecule has 0 spiro atoms. The molecule has 0 aliphatic carbocycles. The first-order valence-electron chi connectivity index (χ1n) is 4.29. The van der Waals surface area contributed by atoms with Crippen LogP contribution in [0.3, 0.4) is 0 Å². The standard InChI is InChI=1S/C10H8N2O2S/c1-6-4-7(5-11-12-6)8-2-3-9(15-8)10(13)14/h2-5H,1H3,(H,13,14). The van der Waals surface area contributed by atoms with E-state index in [0.717, 1.165) is 16.1 Å². The Labute approximate surface area is 90.2 Å². The van der Waals surface area contributed by atoms with Gasteiger partial charge in [-0.15, -0.1) is 11.3 Å². The van der Waals surface area contributed by atoms with Gasteiger partial charge in [-0.2, -0.15) is 10.2 Å². The number of carboxylic acid groups (broad SMARTS) is 1. The van der Waals surface area contributed by atoms with Gasteiger partial charge in [-0.05, 0) is 25.1 Å². The molecule has 0 aliphatic rings. The summed E-state index contributed by atoms with van der Waals surface area (Å²) in [7, 11) is 0. The van der Waals surface area contributed by atoms with E-state index in [0.29, 0.717) is 4.88 Å². The van der Waals surface area contributed by atoms with E-state index < -0.39 is 5.97 Å². The van der Waals surface area contributed by atoms with Gasteiger partial charge in [0.2, 0.25) is 0 Å². The van der Waals surface area contributed by atoms with Crippen LogP contribution < -0.4 is 0 Å². The van der Waals surface area contributed by atoms with Crippen molar-refractivity contribution in [3.8, 4) is 10.4 Å². The van der Waals surface area contributed by atoms with E-state index in [9.17, 15) is 4.79 Å². The summed E-state index contributed by atoms with van der Waals surface area (Å²) in [5, 5.41) is 16.5. The number of thiophene rings is 1. The molecule has 2 aromatic heterocycles. The Balaban J connectivity index is 2.41. The van der Waals surface area contributed by atoms with Gasteiger partial charge in [0.1, 0.15) is 4.88 Å². The third-order valence-corrected chi connectivity index (χ3v) is 3.00. The molecule has 1 N–H and O–H groups in total. The van der Waals surface area contributed by atoms with Crippen molar-refractivity contribution in [1.29, 1.82) is 0 Å². The van der Waals surface area contributed by atoms with E-state index in [4.69, 9.17) is 5.11 Å². The highest BCUT2D eigenvalue weighted by atomic mass is 32.1. The number of rotatable bonds is 2. The van der Waals surface area contributed by atoms with Crippen LogP contribution >= 0.6 is 11.3 Å². The number of nitrogens with zero attached hydrogens (tertiary/aromatic N) is 2. The number of carboxylic acids is 1. The van der Waals surface area contributed by atoms with Gasteiger partial charge >= 0.3 is 5.97 Å². The average molecular weight is 220 g/mol. The SMILES string of the molecule is Cc1cc(-c2ccc(C(=O)O)s2)cnn1. The molecule has 76 valence electrons. The Morgan fingerprint density at radius 2 is 2.27 bits per heavy atom. The van der Waals surface area contributed by atoms with Crippen LogP contribution in [0.4, 0.5) is 0 Å². The fraction of sp³-hybridized carbons (Fsp3) is 0.100. The normalized spacial score (nSPS) is 10.2. The molecular weight excluding hydrogens is 212 g/mol. The molecule has 0 saturated heterocycles. The van der Waals surface area contributed by atoms with Crippen LogP contribution in [0.5, 0.6) is 0 Å². The van der Waals surface area contributed by atoms with Crippen molar-refractivity contribution in [1.82, 2.24) is 10.2 Å². The Morgan fingerprint density at radius 3 is 2.87 bits per heavy atom. The van der Waals surface area contributed by atoms with Crippen molar-refractivity contribution in [3.63, 3.8) is 0 Å². The average Bonchev–Trinajstić information content (AvgIpc) is 2.66. The molecule has 5 heteroatoms. The van der Waals surface area contributed by atoms with Gasteiger partial charge in [0.05, 0.1) is 11.9 Å². The van der Waals surface area contributed by atoms with Gasteiger partial charge in [0.15, 0.2) is 0 Å². The van der Waals surface area contributed by atoms with Crippen LogP contribution in [0.15, 0.2) is 24.4 Å². The van der Waals surface area contributed by atoms with Gasteiger partial charge < -0.3 is 5.11 Å². The molecular formula is C10H8N2O2S. The Kier molecular flexibility index (Phi) is 2.47.